The molecule has 7 nitrogen and oxygen atoms in total. The molecule has 0 aliphatic rings. The van der Waals surface area contributed by atoms with Crippen molar-refractivity contribution < 1.29 is 9.59 Å². The number of hydrogen-bond acceptors (Lipinski definition) is 7. The molecule has 9 heteroatoms. The molecule has 2 N–H and O–H groups in total. The van der Waals surface area contributed by atoms with Gasteiger partial charge in [-0.15, -0.1) is 22.7 Å². The summed E-state index contributed by atoms with van der Waals surface area (Å²) >= 11 is 2.85. The molecule has 0 bridgehead atoms. The number of hydrogen-bond donors (Lipinski definition) is 2. The molecule has 0 radical (unpaired) electrons. The van der Waals surface area contributed by atoms with E-state index in [1.807, 2.05) is 25.3 Å². The smallest absolute Gasteiger partial charge is 0.248 e. The first kappa shape index (κ1) is 18.9. The van der Waals surface area contributed by atoms with Gasteiger partial charge in [0.2, 0.25) is 11.8 Å². The molecule has 3 rings (SSSR count). The van der Waals surface area contributed by atoms with Crippen LogP contribution in [-0.4, -0.2) is 26.8 Å². The van der Waals surface area contributed by atoms with E-state index < -0.39 is 5.92 Å². The number of carbonyl (C=O) groups is 2. The van der Waals surface area contributed by atoms with Gasteiger partial charge in [-0.2, -0.15) is 0 Å². The molecule has 0 saturated carbocycles. The average molecular weight is 400 g/mol. The van der Waals surface area contributed by atoms with Crippen LogP contribution < -0.4 is 10.6 Å². The molecule has 0 aliphatic carbocycles. The summed E-state index contributed by atoms with van der Waals surface area (Å²) in [5, 5.41) is 8.58. The van der Waals surface area contributed by atoms with Crippen LogP contribution in [0.1, 0.15) is 22.7 Å². The third kappa shape index (κ3) is 4.63. The van der Waals surface area contributed by atoms with Crippen LogP contribution in [0.15, 0.2) is 42.6 Å². The molecule has 138 valence electrons. The van der Waals surface area contributed by atoms with Gasteiger partial charge in [0, 0.05) is 28.2 Å². The summed E-state index contributed by atoms with van der Waals surface area (Å²) < 4.78 is 0. The molecule has 3 aromatic rings. The van der Waals surface area contributed by atoms with E-state index in [-0.39, 0.29) is 11.8 Å². The van der Waals surface area contributed by atoms with Gasteiger partial charge in [0.25, 0.3) is 0 Å². The Morgan fingerprint density at radius 2 is 2.04 bits per heavy atom. The van der Waals surface area contributed by atoms with Crippen LogP contribution in [0.2, 0.25) is 0 Å². The molecule has 0 saturated heterocycles. The monoisotopic (exact) mass is 399 g/mol. The maximum atomic E-state index is 12.4. The molecule has 1 atom stereocenters. The molecule has 3 aromatic heterocycles. The lowest BCUT2D eigenvalue weighted by molar-refractivity contribution is -0.117. The predicted molar refractivity (Wildman–Crippen MR) is 108 cm³/mol. The van der Waals surface area contributed by atoms with E-state index in [4.69, 9.17) is 0 Å². The van der Waals surface area contributed by atoms with Crippen molar-refractivity contribution in [1.29, 1.82) is 0 Å². The van der Waals surface area contributed by atoms with Crippen molar-refractivity contribution in [2.45, 2.75) is 19.8 Å². The number of nitrogens with zero attached hydrogens (tertiary/aromatic N) is 3. The summed E-state index contributed by atoms with van der Waals surface area (Å²) in [6.07, 6.45) is 4.53. The predicted octanol–water partition coefficient (Wildman–Crippen LogP) is 3.84. The summed E-state index contributed by atoms with van der Waals surface area (Å²) in [5.74, 6) is -0.426. The van der Waals surface area contributed by atoms with Crippen LogP contribution in [0.3, 0.4) is 0 Å². The lowest BCUT2D eigenvalue weighted by atomic mass is 10.2. The van der Waals surface area contributed by atoms with E-state index in [0.717, 1.165) is 16.1 Å². The zero-order valence-electron chi connectivity index (χ0n) is 14.7. The van der Waals surface area contributed by atoms with Crippen LogP contribution >= 0.6 is 22.7 Å². The molecule has 1 unspecified atom stereocenters. The summed E-state index contributed by atoms with van der Waals surface area (Å²) in [6.45, 7) is 7.15. The zero-order valence-corrected chi connectivity index (χ0v) is 16.4. The number of anilines is 2. The number of rotatable bonds is 6. The molecule has 0 spiro atoms. The zero-order chi connectivity index (χ0) is 19.4. The Morgan fingerprint density at radius 3 is 2.67 bits per heavy atom. The van der Waals surface area contributed by atoms with Gasteiger partial charge in [-0.05, 0) is 32.1 Å². The highest BCUT2D eigenvalue weighted by Gasteiger charge is 2.20. The number of thiazole rings is 2. The van der Waals surface area contributed by atoms with Crippen LogP contribution in [0.5, 0.6) is 0 Å². The molecule has 0 aromatic carbocycles. The second kappa shape index (κ2) is 8.19. The molecule has 0 aliphatic heterocycles. The van der Waals surface area contributed by atoms with Crippen molar-refractivity contribution in [2.75, 3.05) is 10.6 Å². The number of nitrogens with one attached hydrogen (secondary N) is 2. The van der Waals surface area contributed by atoms with Gasteiger partial charge in [0.1, 0.15) is 10.8 Å². The van der Waals surface area contributed by atoms with Crippen LogP contribution in [0.25, 0.3) is 11.3 Å². The number of aryl methyl sites for hydroxylation is 1. The summed E-state index contributed by atoms with van der Waals surface area (Å²) in [5.41, 5.74) is 1.53. The molecule has 2 amide bonds. The third-order valence-electron chi connectivity index (χ3n) is 3.63. The highest BCUT2D eigenvalue weighted by molar-refractivity contribution is 7.15. The van der Waals surface area contributed by atoms with Gasteiger partial charge in [-0.1, -0.05) is 6.58 Å². The first-order valence-electron chi connectivity index (χ1n) is 8.05. The van der Waals surface area contributed by atoms with Crippen LogP contribution in [-0.2, 0) is 9.59 Å². The second-order valence-electron chi connectivity index (χ2n) is 5.68. The summed E-state index contributed by atoms with van der Waals surface area (Å²) in [4.78, 5) is 37.6. The van der Waals surface area contributed by atoms with Crippen LogP contribution in [0.4, 0.5) is 10.9 Å². The fourth-order valence-corrected chi connectivity index (χ4v) is 3.70. The van der Waals surface area contributed by atoms with E-state index >= 15 is 0 Å². The summed E-state index contributed by atoms with van der Waals surface area (Å²) in [7, 11) is 0. The lowest BCUT2D eigenvalue weighted by Crippen LogP contribution is -2.18. The van der Waals surface area contributed by atoms with Gasteiger partial charge in [0.05, 0.1) is 11.6 Å². The minimum absolute atomic E-state index is 0.147. The molecule has 3 heterocycles. The van der Waals surface area contributed by atoms with E-state index in [0.29, 0.717) is 16.0 Å². The Labute approximate surface area is 164 Å². The fourth-order valence-electron chi connectivity index (χ4n) is 2.15. The minimum atomic E-state index is -0.396. The molecular weight excluding hydrogens is 382 g/mol. The Hall–Kier alpha value is -2.91. The van der Waals surface area contributed by atoms with E-state index in [1.165, 1.54) is 28.7 Å². The SMILES string of the molecule is C=CC(=O)Nc1ccc(-c2csc(C(C)C(=O)Nc3ncc(C)s3)n2)cn1. The van der Waals surface area contributed by atoms with Gasteiger partial charge in [0.15, 0.2) is 5.13 Å². The molecule has 0 fully saturated rings. The maximum Gasteiger partial charge on any atom is 0.248 e. The van der Waals surface area contributed by atoms with Crippen molar-refractivity contribution in [2.24, 2.45) is 0 Å². The van der Waals surface area contributed by atoms with E-state index in [2.05, 4.69) is 32.2 Å². The number of carbonyl (C=O) groups excluding carboxylic acids is 2. The highest BCUT2D eigenvalue weighted by Crippen LogP contribution is 2.28. The Morgan fingerprint density at radius 1 is 1.22 bits per heavy atom. The first-order valence-corrected chi connectivity index (χ1v) is 9.74. The average Bonchev–Trinajstić information content (AvgIpc) is 3.31. The highest BCUT2D eigenvalue weighted by atomic mass is 32.1. The second-order valence-corrected chi connectivity index (χ2v) is 7.81. The van der Waals surface area contributed by atoms with Crippen molar-refractivity contribution in [3.05, 3.63) is 52.4 Å². The van der Waals surface area contributed by atoms with Gasteiger partial charge >= 0.3 is 0 Å². The minimum Gasteiger partial charge on any atom is -0.307 e. The Balaban J connectivity index is 1.69. The molecule has 27 heavy (non-hydrogen) atoms. The number of amides is 2. The van der Waals surface area contributed by atoms with Crippen molar-refractivity contribution >= 4 is 45.4 Å². The maximum absolute atomic E-state index is 12.4. The molecular formula is C18H17N5O2S2. The fraction of sp³-hybridized carbons (Fsp3) is 0.167. The topological polar surface area (TPSA) is 96.9 Å². The van der Waals surface area contributed by atoms with E-state index in [9.17, 15) is 9.59 Å². The van der Waals surface area contributed by atoms with Gasteiger partial charge in [-0.3, -0.25) is 9.59 Å². The van der Waals surface area contributed by atoms with Gasteiger partial charge in [-0.25, -0.2) is 15.0 Å². The Bertz CT molecular complexity index is 978. The van der Waals surface area contributed by atoms with Crippen molar-refractivity contribution in [1.82, 2.24) is 15.0 Å². The lowest BCUT2D eigenvalue weighted by Gasteiger charge is -2.07. The largest absolute Gasteiger partial charge is 0.307 e. The standard InChI is InChI=1S/C18H17N5O2S2/c1-4-15(24)22-14-6-5-12(8-19-14)13-9-26-17(21-13)11(3)16(25)23-18-20-7-10(2)27-18/h4-9,11H,1H2,2-3H3,(H,19,22,24)(H,20,23,25). The van der Waals surface area contributed by atoms with Crippen LogP contribution in [0, 0.1) is 6.92 Å². The normalized spacial score (nSPS) is 11.6. The van der Waals surface area contributed by atoms with Crippen molar-refractivity contribution in [3.8, 4) is 11.3 Å². The van der Waals surface area contributed by atoms with Gasteiger partial charge < -0.3 is 10.6 Å². The number of pyridine rings is 1. The Kier molecular flexibility index (Phi) is 5.72. The first-order chi connectivity index (χ1) is 13.0. The van der Waals surface area contributed by atoms with Crippen molar-refractivity contribution in [3.63, 3.8) is 0 Å². The summed E-state index contributed by atoms with van der Waals surface area (Å²) in [6, 6.07) is 3.50. The quantitative estimate of drug-likeness (QED) is 0.614. The third-order valence-corrected chi connectivity index (χ3v) is 5.49. The number of aromatic nitrogens is 3. The van der Waals surface area contributed by atoms with E-state index in [1.54, 1.807) is 18.5 Å².